The lowest BCUT2D eigenvalue weighted by atomic mass is 10.1. The number of halogens is 1. The third kappa shape index (κ3) is 3.13. The first-order chi connectivity index (χ1) is 12.2. The Hall–Kier alpha value is -2.73. The average molecular weight is 395 g/mol. The van der Waals surface area contributed by atoms with E-state index in [1.807, 2.05) is 29.2 Å². The number of carbonyl (C=O) groups is 1. The van der Waals surface area contributed by atoms with Crippen LogP contribution in [0, 0.1) is 0 Å². The zero-order valence-electron chi connectivity index (χ0n) is 13.3. The van der Waals surface area contributed by atoms with Crippen LogP contribution in [0.25, 0.3) is 0 Å². The van der Waals surface area contributed by atoms with E-state index in [0.29, 0.717) is 11.5 Å². The minimum absolute atomic E-state index is 0.137. The number of nitrogens with one attached hydrogen (secondary N) is 1. The van der Waals surface area contributed by atoms with Crippen LogP contribution in [0.3, 0.4) is 0 Å². The Bertz CT molecular complexity index is 915. The van der Waals surface area contributed by atoms with Crippen molar-refractivity contribution >= 4 is 39.2 Å². The number of fused-ring (bicyclic) bond motifs is 1. The number of carbonyl (C=O) groups excluding carboxylic acids is 1. The Balaban J connectivity index is 1.73. The van der Waals surface area contributed by atoms with Gasteiger partial charge in [-0.05, 0) is 42.3 Å². The molecule has 2 heterocycles. The van der Waals surface area contributed by atoms with Gasteiger partial charge in [-0.15, -0.1) is 0 Å². The topological polar surface area (TPSA) is 58.1 Å². The van der Waals surface area contributed by atoms with Gasteiger partial charge in [0.05, 0.1) is 11.4 Å². The van der Waals surface area contributed by atoms with Crippen molar-refractivity contribution in [1.29, 1.82) is 0 Å². The van der Waals surface area contributed by atoms with Crippen LogP contribution in [-0.2, 0) is 6.42 Å². The van der Waals surface area contributed by atoms with E-state index in [1.165, 1.54) is 0 Å². The molecule has 25 heavy (non-hydrogen) atoms. The molecule has 0 aliphatic carbocycles. The predicted octanol–water partition coefficient (Wildman–Crippen LogP) is 4.19. The minimum Gasteiger partial charge on any atom is -0.320 e. The number of anilines is 3. The molecule has 2 aromatic carbocycles. The molecule has 124 valence electrons. The molecule has 0 radical (unpaired) electrons. The quantitative estimate of drug-likeness (QED) is 0.723. The summed E-state index contributed by atoms with van der Waals surface area (Å²) < 4.78 is 0.936. The van der Waals surface area contributed by atoms with Gasteiger partial charge in [-0.3, -0.25) is 4.79 Å². The lowest BCUT2D eigenvalue weighted by molar-refractivity contribution is 0.102. The van der Waals surface area contributed by atoms with E-state index in [4.69, 9.17) is 0 Å². The van der Waals surface area contributed by atoms with Crippen molar-refractivity contribution in [3.8, 4) is 0 Å². The van der Waals surface area contributed by atoms with Crippen molar-refractivity contribution < 1.29 is 4.79 Å². The number of benzene rings is 2. The Labute approximate surface area is 153 Å². The maximum Gasteiger partial charge on any atom is 0.255 e. The number of nitrogens with zero attached hydrogens (tertiary/aromatic N) is 3. The number of hydrogen-bond acceptors (Lipinski definition) is 4. The van der Waals surface area contributed by atoms with E-state index in [0.717, 1.165) is 34.4 Å². The standard InChI is InChI=1S/C19H15BrN4O/c20-15-11-14-7-10-24(19-21-8-4-9-22-19)17(14)16(12-15)23-18(25)13-5-2-1-3-6-13/h1-6,8-9,11-12H,7,10H2,(H,23,25). The molecule has 4 rings (SSSR count). The molecule has 5 nitrogen and oxygen atoms in total. The van der Waals surface area contributed by atoms with Crippen LogP contribution in [-0.4, -0.2) is 22.4 Å². The highest BCUT2D eigenvalue weighted by atomic mass is 79.9. The highest BCUT2D eigenvalue weighted by Gasteiger charge is 2.26. The average Bonchev–Trinajstić information content (AvgIpc) is 3.07. The van der Waals surface area contributed by atoms with Gasteiger partial charge in [-0.1, -0.05) is 34.1 Å². The van der Waals surface area contributed by atoms with E-state index >= 15 is 0 Å². The third-order valence-electron chi connectivity index (χ3n) is 4.11. The van der Waals surface area contributed by atoms with E-state index < -0.39 is 0 Å². The molecule has 0 atom stereocenters. The largest absolute Gasteiger partial charge is 0.320 e. The van der Waals surface area contributed by atoms with Crippen molar-refractivity contribution in [2.45, 2.75) is 6.42 Å². The summed E-state index contributed by atoms with van der Waals surface area (Å²) in [4.78, 5) is 23.3. The van der Waals surface area contributed by atoms with E-state index in [9.17, 15) is 4.79 Å². The van der Waals surface area contributed by atoms with Gasteiger partial charge in [-0.2, -0.15) is 0 Å². The number of aromatic nitrogens is 2. The van der Waals surface area contributed by atoms with Crippen LogP contribution in [0.1, 0.15) is 15.9 Å². The van der Waals surface area contributed by atoms with Gasteiger partial charge in [0.15, 0.2) is 0 Å². The van der Waals surface area contributed by atoms with Crippen LogP contribution in [0.15, 0.2) is 65.4 Å². The lowest BCUT2D eigenvalue weighted by Gasteiger charge is -2.20. The number of rotatable bonds is 3. The van der Waals surface area contributed by atoms with Crippen LogP contribution < -0.4 is 10.2 Å². The van der Waals surface area contributed by atoms with Crippen LogP contribution in [0.2, 0.25) is 0 Å². The Morgan fingerprint density at radius 1 is 1.08 bits per heavy atom. The summed E-state index contributed by atoms with van der Waals surface area (Å²) >= 11 is 3.54. The van der Waals surface area contributed by atoms with Gasteiger partial charge in [0, 0.05) is 29.0 Å². The van der Waals surface area contributed by atoms with E-state index in [1.54, 1.807) is 30.6 Å². The van der Waals surface area contributed by atoms with Gasteiger partial charge in [-0.25, -0.2) is 9.97 Å². The molecule has 1 amide bonds. The van der Waals surface area contributed by atoms with Crippen LogP contribution in [0.5, 0.6) is 0 Å². The minimum atomic E-state index is -0.137. The van der Waals surface area contributed by atoms with Crippen LogP contribution in [0.4, 0.5) is 17.3 Å². The smallest absolute Gasteiger partial charge is 0.255 e. The summed E-state index contributed by atoms with van der Waals surface area (Å²) in [6, 6.07) is 15.0. The third-order valence-corrected chi connectivity index (χ3v) is 4.56. The fourth-order valence-electron chi connectivity index (χ4n) is 3.02. The second-order valence-corrected chi connectivity index (χ2v) is 6.65. The Morgan fingerprint density at radius 2 is 1.84 bits per heavy atom. The maximum absolute atomic E-state index is 12.6. The van der Waals surface area contributed by atoms with Crippen molar-refractivity contribution in [2.75, 3.05) is 16.8 Å². The van der Waals surface area contributed by atoms with Crippen molar-refractivity contribution in [3.63, 3.8) is 0 Å². The molecule has 0 fully saturated rings. The first-order valence-electron chi connectivity index (χ1n) is 7.96. The Morgan fingerprint density at radius 3 is 2.60 bits per heavy atom. The predicted molar refractivity (Wildman–Crippen MR) is 101 cm³/mol. The summed E-state index contributed by atoms with van der Waals surface area (Å²) in [6.07, 6.45) is 4.32. The summed E-state index contributed by atoms with van der Waals surface area (Å²) in [5, 5.41) is 3.03. The summed E-state index contributed by atoms with van der Waals surface area (Å²) in [5.41, 5.74) is 3.49. The first-order valence-corrected chi connectivity index (χ1v) is 8.75. The molecule has 6 heteroatoms. The van der Waals surface area contributed by atoms with Gasteiger partial charge in [0.25, 0.3) is 5.91 Å². The molecule has 1 aliphatic heterocycles. The highest BCUT2D eigenvalue weighted by Crippen LogP contribution is 2.41. The van der Waals surface area contributed by atoms with Gasteiger partial charge < -0.3 is 10.2 Å². The monoisotopic (exact) mass is 394 g/mol. The fraction of sp³-hybridized carbons (Fsp3) is 0.105. The van der Waals surface area contributed by atoms with Gasteiger partial charge in [0.1, 0.15) is 0 Å². The summed E-state index contributed by atoms with van der Waals surface area (Å²) in [6.45, 7) is 0.782. The first kappa shape index (κ1) is 15.8. The Kier molecular flexibility index (Phi) is 4.19. The summed E-state index contributed by atoms with van der Waals surface area (Å²) in [7, 11) is 0. The van der Waals surface area contributed by atoms with E-state index in [-0.39, 0.29) is 5.91 Å². The zero-order chi connectivity index (χ0) is 17.2. The molecule has 3 aromatic rings. The molecule has 1 aliphatic rings. The molecule has 0 spiro atoms. The molecule has 0 bridgehead atoms. The number of amides is 1. The second kappa shape index (κ2) is 6.64. The molecule has 1 N–H and O–H groups in total. The maximum atomic E-state index is 12.6. The fourth-order valence-corrected chi connectivity index (χ4v) is 3.52. The molecule has 0 saturated heterocycles. The molecule has 0 saturated carbocycles. The van der Waals surface area contributed by atoms with Gasteiger partial charge in [0.2, 0.25) is 5.95 Å². The molecule has 0 unspecified atom stereocenters. The van der Waals surface area contributed by atoms with Crippen molar-refractivity contribution in [3.05, 3.63) is 76.5 Å². The second-order valence-electron chi connectivity index (χ2n) is 5.73. The lowest BCUT2D eigenvalue weighted by Crippen LogP contribution is -2.19. The number of hydrogen-bond donors (Lipinski definition) is 1. The van der Waals surface area contributed by atoms with Gasteiger partial charge >= 0.3 is 0 Å². The van der Waals surface area contributed by atoms with Crippen LogP contribution >= 0.6 is 15.9 Å². The van der Waals surface area contributed by atoms with Crippen molar-refractivity contribution in [2.24, 2.45) is 0 Å². The normalized spacial score (nSPS) is 12.8. The molecular weight excluding hydrogens is 380 g/mol. The molecular formula is C19H15BrN4O. The van der Waals surface area contributed by atoms with Crippen molar-refractivity contribution in [1.82, 2.24) is 9.97 Å². The highest BCUT2D eigenvalue weighted by molar-refractivity contribution is 9.10. The van der Waals surface area contributed by atoms with E-state index in [2.05, 4.69) is 37.3 Å². The molecule has 1 aromatic heterocycles. The zero-order valence-corrected chi connectivity index (χ0v) is 14.9. The SMILES string of the molecule is O=C(Nc1cc(Br)cc2c1N(c1ncccn1)CC2)c1ccccc1. The summed E-state index contributed by atoms with van der Waals surface area (Å²) in [5.74, 6) is 0.500.